The second-order valence-electron chi connectivity index (χ2n) is 5.36. The Kier molecular flexibility index (Phi) is 5.09. The van der Waals surface area contributed by atoms with Gasteiger partial charge in [-0.15, -0.1) is 0 Å². The molecule has 1 unspecified atom stereocenters. The normalized spacial score (nSPS) is 12.1. The SMILES string of the molecule is Cc1ccn(CCCNC(=O)C(C)n2ncc([N+](=O)[O-])c2C)n1. The summed E-state index contributed by atoms with van der Waals surface area (Å²) in [6.45, 7) is 6.38. The van der Waals surface area contributed by atoms with Crippen LogP contribution in [0.3, 0.4) is 0 Å². The lowest BCUT2D eigenvalue weighted by Gasteiger charge is -2.14. The van der Waals surface area contributed by atoms with Crippen molar-refractivity contribution in [1.82, 2.24) is 24.9 Å². The molecule has 1 amide bonds. The molecule has 23 heavy (non-hydrogen) atoms. The van der Waals surface area contributed by atoms with E-state index in [-0.39, 0.29) is 11.6 Å². The second-order valence-corrected chi connectivity index (χ2v) is 5.36. The zero-order valence-corrected chi connectivity index (χ0v) is 13.4. The molecule has 2 rings (SSSR count). The Labute approximate surface area is 133 Å². The summed E-state index contributed by atoms with van der Waals surface area (Å²) in [5.74, 6) is -0.220. The van der Waals surface area contributed by atoms with Crippen LogP contribution in [0, 0.1) is 24.0 Å². The molecule has 9 heteroatoms. The molecule has 0 aliphatic rings. The summed E-state index contributed by atoms with van der Waals surface area (Å²) in [5.41, 5.74) is 1.24. The molecule has 0 aliphatic carbocycles. The highest BCUT2D eigenvalue weighted by atomic mass is 16.6. The largest absolute Gasteiger partial charge is 0.354 e. The molecule has 124 valence electrons. The smallest absolute Gasteiger partial charge is 0.309 e. The van der Waals surface area contributed by atoms with E-state index >= 15 is 0 Å². The van der Waals surface area contributed by atoms with E-state index in [1.807, 2.05) is 23.9 Å². The number of carbonyl (C=O) groups is 1. The fourth-order valence-electron chi connectivity index (χ4n) is 2.28. The average Bonchev–Trinajstić information content (AvgIpc) is 3.08. The number of rotatable bonds is 7. The van der Waals surface area contributed by atoms with E-state index in [2.05, 4.69) is 15.5 Å². The molecule has 0 fully saturated rings. The molecule has 2 heterocycles. The van der Waals surface area contributed by atoms with Crippen LogP contribution in [0.1, 0.15) is 30.8 Å². The van der Waals surface area contributed by atoms with E-state index in [0.29, 0.717) is 12.2 Å². The number of hydrogen-bond acceptors (Lipinski definition) is 5. The lowest BCUT2D eigenvalue weighted by Crippen LogP contribution is -2.33. The first-order chi connectivity index (χ1) is 10.9. The maximum atomic E-state index is 12.1. The summed E-state index contributed by atoms with van der Waals surface area (Å²) in [4.78, 5) is 22.4. The molecule has 1 N–H and O–H groups in total. The van der Waals surface area contributed by atoms with Crippen LogP contribution >= 0.6 is 0 Å². The van der Waals surface area contributed by atoms with Gasteiger partial charge in [-0.05, 0) is 33.3 Å². The van der Waals surface area contributed by atoms with Crippen molar-refractivity contribution < 1.29 is 9.72 Å². The van der Waals surface area contributed by atoms with Crippen molar-refractivity contribution in [3.8, 4) is 0 Å². The van der Waals surface area contributed by atoms with E-state index < -0.39 is 11.0 Å². The van der Waals surface area contributed by atoms with Crippen molar-refractivity contribution in [2.75, 3.05) is 6.54 Å². The van der Waals surface area contributed by atoms with Crippen molar-refractivity contribution in [1.29, 1.82) is 0 Å². The van der Waals surface area contributed by atoms with Crippen LogP contribution in [0.15, 0.2) is 18.5 Å². The zero-order chi connectivity index (χ0) is 17.0. The third-order valence-electron chi connectivity index (χ3n) is 3.60. The first kappa shape index (κ1) is 16.7. The molecule has 9 nitrogen and oxygen atoms in total. The van der Waals surface area contributed by atoms with Gasteiger partial charge < -0.3 is 5.32 Å². The highest BCUT2D eigenvalue weighted by Gasteiger charge is 2.23. The summed E-state index contributed by atoms with van der Waals surface area (Å²) >= 11 is 0. The molecular weight excluding hydrogens is 300 g/mol. The van der Waals surface area contributed by atoms with E-state index in [1.165, 1.54) is 10.9 Å². The molecule has 1 atom stereocenters. The molecule has 0 saturated carbocycles. The van der Waals surface area contributed by atoms with Crippen LogP contribution in [-0.2, 0) is 11.3 Å². The van der Waals surface area contributed by atoms with Gasteiger partial charge in [0.05, 0.1) is 10.6 Å². The van der Waals surface area contributed by atoms with E-state index in [1.54, 1.807) is 13.8 Å². The fourth-order valence-corrected chi connectivity index (χ4v) is 2.28. The lowest BCUT2D eigenvalue weighted by molar-refractivity contribution is -0.385. The Morgan fingerprint density at radius 3 is 2.78 bits per heavy atom. The van der Waals surface area contributed by atoms with E-state index in [4.69, 9.17) is 0 Å². The molecule has 0 radical (unpaired) electrons. The fraction of sp³-hybridized carbons (Fsp3) is 0.500. The van der Waals surface area contributed by atoms with Crippen LogP contribution in [-0.4, -0.2) is 36.9 Å². The third kappa shape index (κ3) is 3.93. The van der Waals surface area contributed by atoms with Crippen LogP contribution in [0.4, 0.5) is 5.69 Å². The van der Waals surface area contributed by atoms with Gasteiger partial charge in [0.2, 0.25) is 5.91 Å². The van der Waals surface area contributed by atoms with E-state index in [0.717, 1.165) is 18.7 Å². The predicted molar refractivity (Wildman–Crippen MR) is 82.9 cm³/mol. The van der Waals surface area contributed by atoms with Gasteiger partial charge in [0.1, 0.15) is 17.9 Å². The highest BCUT2D eigenvalue weighted by molar-refractivity contribution is 5.79. The van der Waals surface area contributed by atoms with Crippen molar-refractivity contribution in [3.05, 3.63) is 40.0 Å². The number of aryl methyl sites for hydroxylation is 2. The lowest BCUT2D eigenvalue weighted by atomic mass is 10.3. The molecule has 0 bridgehead atoms. The Morgan fingerprint density at radius 2 is 2.22 bits per heavy atom. The number of amides is 1. The summed E-state index contributed by atoms with van der Waals surface area (Å²) in [6.07, 6.45) is 3.81. The third-order valence-corrected chi connectivity index (χ3v) is 3.60. The monoisotopic (exact) mass is 320 g/mol. The van der Waals surface area contributed by atoms with Gasteiger partial charge in [-0.1, -0.05) is 0 Å². The minimum Gasteiger partial charge on any atom is -0.354 e. The van der Waals surface area contributed by atoms with Gasteiger partial charge in [-0.3, -0.25) is 24.3 Å². The summed E-state index contributed by atoms with van der Waals surface area (Å²) in [7, 11) is 0. The van der Waals surface area contributed by atoms with Gasteiger partial charge in [-0.25, -0.2) is 0 Å². The molecule has 2 aromatic rings. The molecule has 0 spiro atoms. The maximum absolute atomic E-state index is 12.1. The molecule has 2 aromatic heterocycles. The summed E-state index contributed by atoms with van der Waals surface area (Å²) in [5, 5.41) is 21.8. The summed E-state index contributed by atoms with van der Waals surface area (Å²) in [6, 6.07) is 1.32. The van der Waals surface area contributed by atoms with Crippen LogP contribution in [0.25, 0.3) is 0 Å². The Bertz CT molecular complexity index is 705. The average molecular weight is 320 g/mol. The minimum atomic E-state index is -0.601. The van der Waals surface area contributed by atoms with Crippen molar-refractivity contribution in [2.24, 2.45) is 0 Å². The minimum absolute atomic E-state index is 0.0845. The number of nitrogens with zero attached hydrogens (tertiary/aromatic N) is 5. The topological polar surface area (TPSA) is 108 Å². The Balaban J connectivity index is 1.84. The van der Waals surface area contributed by atoms with Crippen LogP contribution < -0.4 is 5.32 Å². The number of nitrogens with one attached hydrogen (secondary N) is 1. The first-order valence-corrected chi connectivity index (χ1v) is 7.36. The second kappa shape index (κ2) is 7.03. The number of carbonyl (C=O) groups excluding carboxylic acids is 1. The number of nitro groups is 1. The summed E-state index contributed by atoms with van der Waals surface area (Å²) < 4.78 is 3.19. The van der Waals surface area contributed by atoms with Crippen LogP contribution in [0.2, 0.25) is 0 Å². The van der Waals surface area contributed by atoms with Crippen molar-refractivity contribution in [2.45, 2.75) is 39.8 Å². The van der Waals surface area contributed by atoms with Gasteiger partial charge in [0.25, 0.3) is 0 Å². The first-order valence-electron chi connectivity index (χ1n) is 7.36. The molecule has 0 aliphatic heterocycles. The van der Waals surface area contributed by atoms with Crippen molar-refractivity contribution in [3.63, 3.8) is 0 Å². The zero-order valence-electron chi connectivity index (χ0n) is 13.4. The number of aromatic nitrogens is 4. The quantitative estimate of drug-likeness (QED) is 0.471. The van der Waals surface area contributed by atoms with Gasteiger partial charge in [-0.2, -0.15) is 10.2 Å². The Hall–Kier alpha value is -2.71. The maximum Gasteiger partial charge on any atom is 0.309 e. The van der Waals surface area contributed by atoms with Gasteiger partial charge in [0.15, 0.2) is 0 Å². The molecular formula is C14H20N6O3. The van der Waals surface area contributed by atoms with Crippen molar-refractivity contribution >= 4 is 11.6 Å². The van der Waals surface area contributed by atoms with Crippen LogP contribution in [0.5, 0.6) is 0 Å². The molecule has 0 saturated heterocycles. The molecule has 0 aromatic carbocycles. The van der Waals surface area contributed by atoms with Gasteiger partial charge in [0, 0.05) is 19.3 Å². The predicted octanol–water partition coefficient (Wildman–Crippen LogP) is 1.37. The standard InChI is InChI=1S/C14H20N6O3/c1-10-5-8-18(17-10)7-4-6-15-14(21)12(3)19-11(2)13(9-16-19)20(22)23/h5,8-9,12H,4,6-7H2,1-3H3,(H,15,21). The van der Waals surface area contributed by atoms with E-state index in [9.17, 15) is 14.9 Å². The Morgan fingerprint density at radius 1 is 1.48 bits per heavy atom. The number of hydrogen-bond donors (Lipinski definition) is 1. The van der Waals surface area contributed by atoms with Gasteiger partial charge >= 0.3 is 5.69 Å². The highest BCUT2D eigenvalue weighted by Crippen LogP contribution is 2.19.